The van der Waals surface area contributed by atoms with Gasteiger partial charge >= 0.3 is 0 Å². The number of rotatable bonds is 4. The van der Waals surface area contributed by atoms with Gasteiger partial charge in [0, 0.05) is 18.2 Å². The van der Waals surface area contributed by atoms with Gasteiger partial charge in [0.1, 0.15) is 11.6 Å². The summed E-state index contributed by atoms with van der Waals surface area (Å²) < 4.78 is 25.6. The number of hydrogen-bond donors (Lipinski definition) is 1. The maximum atomic E-state index is 13.0. The normalized spacial score (nSPS) is 11.1. The SMILES string of the molecule is CCNCC=Cc1ccc(F)cc1F. The monoisotopic (exact) mass is 197 g/mol. The molecule has 1 aromatic carbocycles. The molecule has 0 spiro atoms. The van der Waals surface area contributed by atoms with E-state index in [4.69, 9.17) is 0 Å². The van der Waals surface area contributed by atoms with Crippen LogP contribution in [0.3, 0.4) is 0 Å². The van der Waals surface area contributed by atoms with Crippen LogP contribution in [0.5, 0.6) is 0 Å². The molecule has 0 amide bonds. The summed E-state index contributed by atoms with van der Waals surface area (Å²) in [4.78, 5) is 0. The smallest absolute Gasteiger partial charge is 0.133 e. The summed E-state index contributed by atoms with van der Waals surface area (Å²) in [5, 5.41) is 3.07. The molecule has 0 fully saturated rings. The van der Waals surface area contributed by atoms with Gasteiger partial charge in [0.25, 0.3) is 0 Å². The maximum Gasteiger partial charge on any atom is 0.133 e. The van der Waals surface area contributed by atoms with Crippen molar-refractivity contribution >= 4 is 6.08 Å². The zero-order chi connectivity index (χ0) is 10.4. The molecule has 1 aromatic rings. The van der Waals surface area contributed by atoms with Gasteiger partial charge in [-0.1, -0.05) is 19.1 Å². The van der Waals surface area contributed by atoms with Crippen LogP contribution in [0.2, 0.25) is 0 Å². The van der Waals surface area contributed by atoms with Crippen molar-refractivity contribution in [3.8, 4) is 0 Å². The molecule has 0 saturated heterocycles. The molecule has 0 radical (unpaired) electrons. The number of benzene rings is 1. The molecule has 1 rings (SSSR count). The second-order valence-electron chi connectivity index (χ2n) is 2.88. The quantitative estimate of drug-likeness (QED) is 0.731. The first-order valence-corrected chi connectivity index (χ1v) is 4.56. The molecule has 0 atom stereocenters. The van der Waals surface area contributed by atoms with Crippen molar-refractivity contribution in [3.05, 3.63) is 41.5 Å². The third-order valence-electron chi connectivity index (χ3n) is 1.77. The summed E-state index contributed by atoms with van der Waals surface area (Å²) in [5.41, 5.74) is 0.407. The highest BCUT2D eigenvalue weighted by molar-refractivity contribution is 5.49. The Morgan fingerprint density at radius 2 is 2.14 bits per heavy atom. The van der Waals surface area contributed by atoms with Gasteiger partial charge in [0.05, 0.1) is 0 Å². The molecule has 0 saturated carbocycles. The summed E-state index contributed by atoms with van der Waals surface area (Å²) in [7, 11) is 0. The number of nitrogens with one attached hydrogen (secondary N) is 1. The van der Waals surface area contributed by atoms with Gasteiger partial charge < -0.3 is 5.32 Å². The van der Waals surface area contributed by atoms with Crippen molar-refractivity contribution in [2.24, 2.45) is 0 Å². The fraction of sp³-hybridized carbons (Fsp3) is 0.273. The molecular weight excluding hydrogens is 184 g/mol. The Morgan fingerprint density at radius 3 is 2.79 bits per heavy atom. The second kappa shape index (κ2) is 5.50. The van der Waals surface area contributed by atoms with E-state index in [1.807, 2.05) is 6.92 Å². The van der Waals surface area contributed by atoms with E-state index < -0.39 is 11.6 Å². The summed E-state index contributed by atoms with van der Waals surface area (Å²) in [6.07, 6.45) is 3.44. The van der Waals surface area contributed by atoms with Gasteiger partial charge in [-0.15, -0.1) is 0 Å². The summed E-state index contributed by atoms with van der Waals surface area (Å²) in [6, 6.07) is 3.55. The minimum absolute atomic E-state index is 0.407. The van der Waals surface area contributed by atoms with Crippen LogP contribution in [0.15, 0.2) is 24.3 Å². The highest BCUT2D eigenvalue weighted by Gasteiger charge is 1.98. The van der Waals surface area contributed by atoms with Crippen molar-refractivity contribution in [2.75, 3.05) is 13.1 Å². The summed E-state index contributed by atoms with van der Waals surface area (Å²) >= 11 is 0. The lowest BCUT2D eigenvalue weighted by molar-refractivity contribution is 0.581. The first kappa shape index (κ1) is 10.9. The lowest BCUT2D eigenvalue weighted by Gasteiger charge is -1.97. The largest absolute Gasteiger partial charge is 0.314 e. The fourth-order valence-electron chi connectivity index (χ4n) is 1.05. The second-order valence-corrected chi connectivity index (χ2v) is 2.88. The zero-order valence-electron chi connectivity index (χ0n) is 8.06. The van der Waals surface area contributed by atoms with Crippen LogP contribution in [-0.4, -0.2) is 13.1 Å². The van der Waals surface area contributed by atoms with E-state index in [1.54, 1.807) is 12.2 Å². The standard InChI is InChI=1S/C11H13F2N/c1-2-14-7-3-4-9-5-6-10(12)8-11(9)13/h3-6,8,14H,2,7H2,1H3. The van der Waals surface area contributed by atoms with E-state index in [0.717, 1.165) is 12.6 Å². The molecule has 0 aliphatic rings. The van der Waals surface area contributed by atoms with Gasteiger partial charge in [0.15, 0.2) is 0 Å². The molecule has 76 valence electrons. The van der Waals surface area contributed by atoms with Crippen LogP contribution in [0, 0.1) is 11.6 Å². The van der Waals surface area contributed by atoms with Gasteiger partial charge in [0.2, 0.25) is 0 Å². The summed E-state index contributed by atoms with van der Waals surface area (Å²) in [6.45, 7) is 3.55. The molecule has 3 heteroatoms. The van der Waals surface area contributed by atoms with Crippen LogP contribution in [0.4, 0.5) is 8.78 Å². The average molecular weight is 197 g/mol. The van der Waals surface area contributed by atoms with Gasteiger partial charge in [-0.05, 0) is 18.7 Å². The maximum absolute atomic E-state index is 13.0. The van der Waals surface area contributed by atoms with Crippen molar-refractivity contribution in [1.82, 2.24) is 5.32 Å². The van der Waals surface area contributed by atoms with E-state index in [-0.39, 0.29) is 0 Å². The minimum atomic E-state index is -0.550. The Morgan fingerprint density at radius 1 is 1.36 bits per heavy atom. The molecule has 0 unspecified atom stereocenters. The predicted molar refractivity (Wildman–Crippen MR) is 53.9 cm³/mol. The molecule has 0 bridgehead atoms. The Kier molecular flexibility index (Phi) is 4.26. The topological polar surface area (TPSA) is 12.0 Å². The third-order valence-corrected chi connectivity index (χ3v) is 1.77. The van der Waals surface area contributed by atoms with E-state index >= 15 is 0 Å². The molecule has 1 nitrogen and oxygen atoms in total. The van der Waals surface area contributed by atoms with E-state index in [0.29, 0.717) is 12.1 Å². The van der Waals surface area contributed by atoms with Crippen LogP contribution >= 0.6 is 0 Å². The van der Waals surface area contributed by atoms with E-state index in [1.165, 1.54) is 12.1 Å². The van der Waals surface area contributed by atoms with Crippen LogP contribution in [0.1, 0.15) is 12.5 Å². The molecule has 0 aliphatic heterocycles. The lowest BCUT2D eigenvalue weighted by Crippen LogP contribution is -2.11. The first-order valence-electron chi connectivity index (χ1n) is 4.56. The van der Waals surface area contributed by atoms with Crippen molar-refractivity contribution in [2.45, 2.75) is 6.92 Å². The molecule has 0 aromatic heterocycles. The Balaban J connectivity index is 2.62. The Labute approximate surface area is 82.4 Å². The van der Waals surface area contributed by atoms with Gasteiger partial charge in [-0.3, -0.25) is 0 Å². The Hall–Kier alpha value is -1.22. The van der Waals surface area contributed by atoms with Crippen molar-refractivity contribution < 1.29 is 8.78 Å². The highest BCUT2D eigenvalue weighted by Crippen LogP contribution is 2.10. The van der Waals surface area contributed by atoms with Crippen molar-refractivity contribution in [1.29, 1.82) is 0 Å². The molecule has 1 N–H and O–H groups in total. The molecule has 0 heterocycles. The van der Waals surface area contributed by atoms with E-state index in [9.17, 15) is 8.78 Å². The van der Waals surface area contributed by atoms with Crippen molar-refractivity contribution in [3.63, 3.8) is 0 Å². The lowest BCUT2D eigenvalue weighted by atomic mass is 10.2. The first-order chi connectivity index (χ1) is 6.74. The number of halogens is 2. The average Bonchev–Trinajstić information content (AvgIpc) is 2.15. The van der Waals surface area contributed by atoms with Crippen LogP contribution in [-0.2, 0) is 0 Å². The molecular formula is C11H13F2N. The zero-order valence-corrected chi connectivity index (χ0v) is 8.06. The number of hydrogen-bond acceptors (Lipinski definition) is 1. The summed E-state index contributed by atoms with van der Waals surface area (Å²) in [5.74, 6) is -1.08. The Bertz CT molecular complexity index is 321. The fourth-order valence-corrected chi connectivity index (χ4v) is 1.05. The molecule has 0 aliphatic carbocycles. The predicted octanol–water partition coefficient (Wildman–Crippen LogP) is 2.59. The minimum Gasteiger partial charge on any atom is -0.314 e. The number of likely N-dealkylation sites (N-methyl/N-ethyl adjacent to an activating group) is 1. The molecule has 14 heavy (non-hydrogen) atoms. The third kappa shape index (κ3) is 3.26. The highest BCUT2D eigenvalue weighted by atomic mass is 19.1. The van der Waals surface area contributed by atoms with Gasteiger partial charge in [-0.2, -0.15) is 0 Å². The van der Waals surface area contributed by atoms with Gasteiger partial charge in [-0.25, -0.2) is 8.78 Å². The van der Waals surface area contributed by atoms with E-state index in [2.05, 4.69) is 5.32 Å². The van der Waals surface area contributed by atoms with Crippen LogP contribution in [0.25, 0.3) is 6.08 Å². The van der Waals surface area contributed by atoms with Crippen LogP contribution < -0.4 is 5.32 Å².